The average Bonchev–Trinajstić information content (AvgIpc) is 2.61. The highest BCUT2D eigenvalue weighted by atomic mass is 127. The van der Waals surface area contributed by atoms with E-state index in [0.717, 1.165) is 0 Å². The molecule has 3 aromatic carbocycles. The lowest BCUT2D eigenvalue weighted by Gasteiger charge is -2.06. The van der Waals surface area contributed by atoms with Crippen LogP contribution in [0.1, 0.15) is 12.0 Å². The van der Waals surface area contributed by atoms with Gasteiger partial charge in [-0.1, -0.05) is 101 Å². The lowest BCUT2D eigenvalue weighted by Crippen LogP contribution is -1.86. The van der Waals surface area contributed by atoms with Crippen LogP contribution in [0.15, 0.2) is 78.9 Å². The first-order valence-corrected chi connectivity index (χ1v) is 9.20. The quantitative estimate of drug-likeness (QED) is 0.345. The third kappa shape index (κ3) is 3.77. The van der Waals surface area contributed by atoms with Gasteiger partial charge in [0.15, 0.2) is 0 Å². The highest BCUT2D eigenvalue weighted by Gasteiger charge is 2.00. The van der Waals surface area contributed by atoms with Crippen molar-refractivity contribution in [1.29, 1.82) is 0 Å². The van der Waals surface area contributed by atoms with E-state index >= 15 is 0 Å². The van der Waals surface area contributed by atoms with E-state index in [9.17, 15) is 0 Å². The molecule has 1 heteroatoms. The predicted octanol–water partition coefficient (Wildman–Crippen LogP) is 6.39. The molecule has 0 unspecified atom stereocenters. The lowest BCUT2D eigenvalue weighted by molar-refractivity contribution is 0.946. The Morgan fingerprint density at radius 2 is 1.00 bits per heavy atom. The smallest absolute Gasteiger partial charge is 0.000156 e. The zero-order valence-electron chi connectivity index (χ0n) is 12.5. The minimum Gasteiger partial charge on any atom is -0.0864 e. The van der Waals surface area contributed by atoms with Crippen LogP contribution in [0.4, 0.5) is 0 Å². The third-order valence-electron chi connectivity index (χ3n) is 3.88. The average molecular weight is 398 g/mol. The molecule has 0 aliphatic carbocycles. The summed E-state index contributed by atoms with van der Waals surface area (Å²) in [6.45, 7) is 0. The van der Waals surface area contributed by atoms with E-state index in [0.29, 0.717) is 0 Å². The molecule has 0 aromatic heterocycles. The zero-order chi connectivity index (χ0) is 15.2. The Morgan fingerprint density at radius 1 is 0.545 bits per heavy atom. The fraction of sp³-hybridized carbons (Fsp3) is 0.143. The summed E-state index contributed by atoms with van der Waals surface area (Å²) in [4.78, 5) is 0. The van der Waals surface area contributed by atoms with Gasteiger partial charge in [0.25, 0.3) is 0 Å². The molecule has 0 aliphatic rings. The number of aryl methyl sites for hydroxylation is 1. The molecule has 0 spiro atoms. The van der Waals surface area contributed by atoms with Gasteiger partial charge in [-0.25, -0.2) is 0 Å². The van der Waals surface area contributed by atoms with Crippen molar-refractivity contribution in [3.8, 4) is 22.3 Å². The Morgan fingerprint density at radius 3 is 1.50 bits per heavy atom. The van der Waals surface area contributed by atoms with E-state index in [4.69, 9.17) is 0 Å². The van der Waals surface area contributed by atoms with Crippen molar-refractivity contribution in [2.24, 2.45) is 0 Å². The topological polar surface area (TPSA) is 0 Å². The maximum absolute atomic E-state index is 2.44. The summed E-state index contributed by atoms with van der Waals surface area (Å²) in [5, 5.41) is 0. The highest BCUT2D eigenvalue weighted by molar-refractivity contribution is 14.1. The van der Waals surface area contributed by atoms with Crippen molar-refractivity contribution < 1.29 is 0 Å². The summed E-state index contributed by atoms with van der Waals surface area (Å²) in [5.41, 5.74) is 6.53. The molecule has 3 aromatic rings. The lowest BCUT2D eigenvalue weighted by atomic mass is 9.99. The maximum atomic E-state index is 2.44. The first kappa shape index (κ1) is 15.3. The van der Waals surface area contributed by atoms with Gasteiger partial charge in [-0.3, -0.25) is 0 Å². The number of rotatable bonds is 5. The molecular weight excluding hydrogens is 379 g/mol. The monoisotopic (exact) mass is 398 g/mol. The van der Waals surface area contributed by atoms with Crippen molar-refractivity contribution in [2.75, 3.05) is 4.43 Å². The summed E-state index contributed by atoms with van der Waals surface area (Å²) >= 11 is 2.44. The summed E-state index contributed by atoms with van der Waals surface area (Å²) in [7, 11) is 0. The van der Waals surface area contributed by atoms with E-state index < -0.39 is 0 Å². The van der Waals surface area contributed by atoms with Crippen molar-refractivity contribution >= 4 is 22.6 Å². The van der Waals surface area contributed by atoms with Crippen LogP contribution in [0.2, 0.25) is 0 Å². The van der Waals surface area contributed by atoms with Gasteiger partial charge in [-0.2, -0.15) is 0 Å². The van der Waals surface area contributed by atoms with Crippen molar-refractivity contribution in [3.63, 3.8) is 0 Å². The molecule has 110 valence electrons. The molecule has 22 heavy (non-hydrogen) atoms. The van der Waals surface area contributed by atoms with Crippen LogP contribution in [0.5, 0.6) is 0 Å². The van der Waals surface area contributed by atoms with Crippen molar-refractivity contribution in [2.45, 2.75) is 12.8 Å². The molecule has 0 radical (unpaired) electrons. The Bertz CT molecular complexity index is 697. The van der Waals surface area contributed by atoms with E-state index in [1.165, 1.54) is 45.1 Å². The highest BCUT2D eigenvalue weighted by Crippen LogP contribution is 2.25. The summed E-state index contributed by atoms with van der Waals surface area (Å²) in [6.07, 6.45) is 2.43. The van der Waals surface area contributed by atoms with Crippen LogP contribution in [-0.2, 0) is 6.42 Å². The zero-order valence-corrected chi connectivity index (χ0v) is 14.7. The van der Waals surface area contributed by atoms with E-state index in [-0.39, 0.29) is 0 Å². The molecule has 0 amide bonds. The Labute approximate surface area is 146 Å². The van der Waals surface area contributed by atoms with E-state index in [2.05, 4.69) is 101 Å². The molecule has 0 atom stereocenters. The number of benzene rings is 3. The van der Waals surface area contributed by atoms with Gasteiger partial charge in [0.1, 0.15) is 0 Å². The fourth-order valence-electron chi connectivity index (χ4n) is 2.62. The van der Waals surface area contributed by atoms with Gasteiger partial charge < -0.3 is 0 Å². The molecular formula is C21H19I. The molecule has 0 saturated carbocycles. The summed E-state index contributed by atoms with van der Waals surface area (Å²) < 4.78 is 1.22. The van der Waals surface area contributed by atoms with Gasteiger partial charge in [-0.15, -0.1) is 0 Å². The van der Waals surface area contributed by atoms with Gasteiger partial charge in [0.05, 0.1) is 0 Å². The molecule has 0 saturated heterocycles. The molecule has 0 bridgehead atoms. The molecule has 0 nitrogen and oxygen atoms in total. The van der Waals surface area contributed by atoms with Crippen molar-refractivity contribution in [3.05, 3.63) is 84.4 Å². The fourth-order valence-corrected chi connectivity index (χ4v) is 3.00. The van der Waals surface area contributed by atoms with Crippen LogP contribution in [-0.4, -0.2) is 4.43 Å². The summed E-state index contributed by atoms with van der Waals surface area (Å²) in [5.74, 6) is 0. The second-order valence-corrected chi connectivity index (χ2v) is 6.51. The van der Waals surface area contributed by atoms with E-state index in [1.54, 1.807) is 0 Å². The van der Waals surface area contributed by atoms with Crippen LogP contribution in [0, 0.1) is 0 Å². The first-order chi connectivity index (χ1) is 10.9. The molecule has 0 heterocycles. The maximum Gasteiger partial charge on any atom is -0.000156 e. The second kappa shape index (κ2) is 7.59. The second-order valence-electron chi connectivity index (χ2n) is 5.43. The SMILES string of the molecule is ICCCc1ccc(-c2ccc(-c3ccccc3)cc2)cc1. The molecule has 0 N–H and O–H groups in total. The number of hydrogen-bond donors (Lipinski definition) is 0. The standard InChI is InChI=1S/C21H19I/c22-16-4-5-17-8-10-19(11-9-17)21-14-12-20(13-15-21)18-6-2-1-3-7-18/h1-3,6-15H,4-5,16H2. The van der Waals surface area contributed by atoms with Crippen LogP contribution in [0.3, 0.4) is 0 Å². The number of hydrogen-bond acceptors (Lipinski definition) is 0. The van der Waals surface area contributed by atoms with Gasteiger partial charge in [-0.05, 0) is 45.1 Å². The minimum atomic E-state index is 1.18. The van der Waals surface area contributed by atoms with Gasteiger partial charge >= 0.3 is 0 Å². The molecule has 0 fully saturated rings. The Balaban J connectivity index is 1.78. The minimum absolute atomic E-state index is 1.18. The van der Waals surface area contributed by atoms with Gasteiger partial charge in [0, 0.05) is 0 Å². The van der Waals surface area contributed by atoms with Crippen LogP contribution < -0.4 is 0 Å². The Kier molecular flexibility index (Phi) is 5.28. The van der Waals surface area contributed by atoms with Crippen molar-refractivity contribution in [1.82, 2.24) is 0 Å². The van der Waals surface area contributed by atoms with Crippen LogP contribution in [0.25, 0.3) is 22.3 Å². The molecule has 3 rings (SSSR count). The summed E-state index contributed by atoms with van der Waals surface area (Å²) in [6, 6.07) is 28.3. The third-order valence-corrected chi connectivity index (χ3v) is 4.64. The number of halogens is 1. The normalized spacial score (nSPS) is 10.6. The largest absolute Gasteiger partial charge is 0.0864 e. The van der Waals surface area contributed by atoms with E-state index in [1.807, 2.05) is 0 Å². The molecule has 0 aliphatic heterocycles. The van der Waals surface area contributed by atoms with Crippen LogP contribution >= 0.6 is 22.6 Å². The predicted molar refractivity (Wildman–Crippen MR) is 105 cm³/mol. The van der Waals surface area contributed by atoms with Gasteiger partial charge in [0.2, 0.25) is 0 Å². The first-order valence-electron chi connectivity index (χ1n) is 7.67. The number of alkyl halides is 1. The Hall–Kier alpha value is -1.61.